The number of halogens is 1. The molecule has 1 aliphatic heterocycles. The van der Waals surface area contributed by atoms with Crippen LogP contribution in [0.3, 0.4) is 0 Å². The second-order valence-corrected chi connectivity index (χ2v) is 8.54. The first-order chi connectivity index (χ1) is 13.7. The number of likely N-dealkylation sites (tertiary alicyclic amines) is 1. The van der Waals surface area contributed by atoms with E-state index in [1.165, 1.54) is 16.0 Å². The molecule has 1 N–H and O–H groups in total. The fraction of sp³-hybridized carbons (Fsp3) is 0.261. The highest BCUT2D eigenvalue weighted by Crippen LogP contribution is 2.26. The first-order valence-corrected chi connectivity index (χ1v) is 10.9. The van der Waals surface area contributed by atoms with Gasteiger partial charge in [-0.25, -0.2) is 0 Å². The molecule has 0 spiro atoms. The van der Waals surface area contributed by atoms with Crippen LogP contribution < -0.4 is 5.32 Å². The third-order valence-corrected chi connectivity index (χ3v) is 6.43. The number of nitrogens with zero attached hydrogens (tertiary/aromatic N) is 1. The molecule has 144 valence electrons. The average Bonchev–Trinajstić information content (AvgIpc) is 3.25. The second-order valence-electron chi connectivity index (χ2n) is 7.18. The number of hydrogen-bond donors (Lipinski definition) is 1. The third-order valence-electron chi connectivity index (χ3n) is 5.18. The topological polar surface area (TPSA) is 32.3 Å². The van der Waals surface area contributed by atoms with Crippen molar-refractivity contribution in [2.24, 2.45) is 0 Å². The van der Waals surface area contributed by atoms with E-state index < -0.39 is 0 Å². The molecule has 0 atom stereocenters. The van der Waals surface area contributed by atoms with Gasteiger partial charge >= 0.3 is 0 Å². The number of hydrogen-bond acceptors (Lipinski definition) is 3. The highest BCUT2D eigenvalue weighted by Gasteiger charge is 2.22. The van der Waals surface area contributed by atoms with Crippen LogP contribution in [-0.4, -0.2) is 29.9 Å². The summed E-state index contributed by atoms with van der Waals surface area (Å²) in [5, 5.41) is 5.76. The molecule has 0 bridgehead atoms. The van der Waals surface area contributed by atoms with Crippen LogP contribution in [0.15, 0.2) is 66.0 Å². The zero-order chi connectivity index (χ0) is 19.3. The van der Waals surface area contributed by atoms with E-state index in [1.54, 1.807) is 23.5 Å². The van der Waals surface area contributed by atoms with Gasteiger partial charge in [-0.05, 0) is 53.6 Å². The monoisotopic (exact) mass is 410 g/mol. The number of thiophene rings is 1. The summed E-state index contributed by atoms with van der Waals surface area (Å²) in [6, 6.07) is 20.5. The molecule has 0 radical (unpaired) electrons. The van der Waals surface area contributed by atoms with Crippen molar-refractivity contribution >= 4 is 28.8 Å². The SMILES string of the molecule is O=C(NC1CCN(Cc2cccc(-c3cccs3)c2)CC1)c1ccccc1Cl. The van der Waals surface area contributed by atoms with Crippen LogP contribution >= 0.6 is 22.9 Å². The molecule has 0 unspecified atom stereocenters. The molecule has 1 saturated heterocycles. The predicted octanol–water partition coefficient (Wildman–Crippen LogP) is 5.46. The lowest BCUT2D eigenvalue weighted by Crippen LogP contribution is -2.44. The Labute approximate surface area is 175 Å². The quantitative estimate of drug-likeness (QED) is 0.605. The van der Waals surface area contributed by atoms with Crippen molar-refractivity contribution in [2.75, 3.05) is 13.1 Å². The van der Waals surface area contributed by atoms with Crippen LogP contribution in [-0.2, 0) is 6.54 Å². The maximum atomic E-state index is 12.4. The van der Waals surface area contributed by atoms with Crippen LogP contribution in [0.4, 0.5) is 0 Å². The van der Waals surface area contributed by atoms with E-state index in [4.69, 9.17) is 11.6 Å². The van der Waals surface area contributed by atoms with Crippen LogP contribution in [0.2, 0.25) is 5.02 Å². The maximum absolute atomic E-state index is 12.4. The summed E-state index contributed by atoms with van der Waals surface area (Å²) in [7, 11) is 0. The Balaban J connectivity index is 1.31. The number of nitrogens with one attached hydrogen (secondary N) is 1. The third kappa shape index (κ3) is 4.64. The zero-order valence-corrected chi connectivity index (χ0v) is 17.2. The van der Waals surface area contributed by atoms with Crippen molar-refractivity contribution in [3.8, 4) is 10.4 Å². The fourth-order valence-electron chi connectivity index (χ4n) is 3.67. The molecule has 5 heteroatoms. The minimum atomic E-state index is -0.0762. The molecule has 1 amide bonds. The van der Waals surface area contributed by atoms with Crippen molar-refractivity contribution in [3.63, 3.8) is 0 Å². The van der Waals surface area contributed by atoms with E-state index in [2.05, 4.69) is 52.0 Å². The van der Waals surface area contributed by atoms with Crippen molar-refractivity contribution in [3.05, 3.63) is 82.2 Å². The largest absolute Gasteiger partial charge is 0.349 e. The summed E-state index contributed by atoms with van der Waals surface area (Å²) >= 11 is 7.90. The summed E-state index contributed by atoms with van der Waals surface area (Å²) in [6.45, 7) is 2.91. The number of amides is 1. The number of piperidine rings is 1. The molecule has 3 aromatic rings. The smallest absolute Gasteiger partial charge is 0.253 e. The molecule has 0 aliphatic carbocycles. The van der Waals surface area contributed by atoms with Crippen molar-refractivity contribution in [2.45, 2.75) is 25.4 Å². The molecule has 4 rings (SSSR count). The van der Waals surface area contributed by atoms with Gasteiger partial charge in [-0.15, -0.1) is 11.3 Å². The molecule has 1 aliphatic rings. The highest BCUT2D eigenvalue weighted by atomic mass is 35.5. The van der Waals surface area contributed by atoms with Crippen molar-refractivity contribution in [1.82, 2.24) is 10.2 Å². The lowest BCUT2D eigenvalue weighted by atomic mass is 10.0. The van der Waals surface area contributed by atoms with E-state index in [9.17, 15) is 4.79 Å². The van der Waals surface area contributed by atoms with Gasteiger partial charge in [0.25, 0.3) is 5.91 Å². The molecule has 28 heavy (non-hydrogen) atoms. The van der Waals surface area contributed by atoms with Gasteiger partial charge in [-0.1, -0.05) is 48.0 Å². The van der Waals surface area contributed by atoms with Gasteiger partial charge in [0.15, 0.2) is 0 Å². The van der Waals surface area contributed by atoms with E-state index in [0.717, 1.165) is 32.5 Å². The summed E-state index contributed by atoms with van der Waals surface area (Å²) < 4.78 is 0. The van der Waals surface area contributed by atoms with Gasteiger partial charge in [0.1, 0.15) is 0 Å². The Bertz CT molecular complexity index is 933. The Kier molecular flexibility index (Phi) is 6.10. The normalized spacial score (nSPS) is 15.5. The summed E-state index contributed by atoms with van der Waals surface area (Å²) in [5.74, 6) is -0.0762. The number of carbonyl (C=O) groups is 1. The van der Waals surface area contributed by atoms with Crippen LogP contribution in [0.25, 0.3) is 10.4 Å². The molecule has 2 heterocycles. The van der Waals surface area contributed by atoms with E-state index in [-0.39, 0.29) is 11.9 Å². The Hall–Kier alpha value is -2.14. The Morgan fingerprint density at radius 3 is 2.64 bits per heavy atom. The van der Waals surface area contributed by atoms with Crippen LogP contribution in [0.1, 0.15) is 28.8 Å². The summed E-state index contributed by atoms with van der Waals surface area (Å²) in [6.07, 6.45) is 1.92. The van der Waals surface area contributed by atoms with Gasteiger partial charge < -0.3 is 5.32 Å². The van der Waals surface area contributed by atoms with E-state index in [1.807, 2.05) is 12.1 Å². The highest BCUT2D eigenvalue weighted by molar-refractivity contribution is 7.13. The standard InChI is InChI=1S/C23H23ClN2OS/c24-21-8-2-1-7-20(21)23(27)25-19-10-12-26(13-11-19)16-17-5-3-6-18(15-17)22-9-4-14-28-22/h1-9,14-15,19H,10-13,16H2,(H,25,27). The van der Waals surface area contributed by atoms with Crippen LogP contribution in [0.5, 0.6) is 0 Å². The van der Waals surface area contributed by atoms with E-state index >= 15 is 0 Å². The predicted molar refractivity (Wildman–Crippen MR) is 117 cm³/mol. The minimum Gasteiger partial charge on any atom is -0.349 e. The van der Waals surface area contributed by atoms with E-state index in [0.29, 0.717) is 10.6 Å². The lowest BCUT2D eigenvalue weighted by Gasteiger charge is -2.32. The van der Waals surface area contributed by atoms with Gasteiger partial charge in [0.05, 0.1) is 10.6 Å². The van der Waals surface area contributed by atoms with Gasteiger partial charge in [-0.3, -0.25) is 9.69 Å². The summed E-state index contributed by atoms with van der Waals surface area (Å²) in [4.78, 5) is 16.2. The number of benzene rings is 2. The molecule has 1 aromatic heterocycles. The molecule has 1 fully saturated rings. The molecule has 2 aromatic carbocycles. The van der Waals surface area contributed by atoms with Gasteiger partial charge in [0.2, 0.25) is 0 Å². The number of carbonyl (C=O) groups excluding carboxylic acids is 1. The minimum absolute atomic E-state index is 0.0762. The van der Waals surface area contributed by atoms with Crippen LogP contribution in [0, 0.1) is 0 Å². The average molecular weight is 411 g/mol. The molecule has 3 nitrogen and oxygen atoms in total. The molecular formula is C23H23ClN2OS. The van der Waals surface area contributed by atoms with Gasteiger partial charge in [0, 0.05) is 30.6 Å². The van der Waals surface area contributed by atoms with Gasteiger partial charge in [-0.2, -0.15) is 0 Å². The Morgan fingerprint density at radius 1 is 1.07 bits per heavy atom. The Morgan fingerprint density at radius 2 is 1.89 bits per heavy atom. The van der Waals surface area contributed by atoms with Crippen molar-refractivity contribution in [1.29, 1.82) is 0 Å². The summed E-state index contributed by atoms with van der Waals surface area (Å²) in [5.41, 5.74) is 3.18. The molecular weight excluding hydrogens is 388 g/mol. The zero-order valence-electron chi connectivity index (χ0n) is 15.6. The van der Waals surface area contributed by atoms with Crippen molar-refractivity contribution < 1.29 is 4.79 Å². The first kappa shape index (κ1) is 19.2. The second kappa shape index (κ2) is 8.91. The first-order valence-electron chi connectivity index (χ1n) is 9.59. The molecule has 0 saturated carbocycles. The fourth-order valence-corrected chi connectivity index (χ4v) is 4.61. The number of rotatable bonds is 5. The maximum Gasteiger partial charge on any atom is 0.253 e. The lowest BCUT2D eigenvalue weighted by molar-refractivity contribution is 0.0909.